The quantitative estimate of drug-likeness (QED) is 0.547. The molecular weight excluding hydrogens is 348 g/mol. The van der Waals surface area contributed by atoms with E-state index < -0.39 is 5.41 Å². The maximum Gasteiger partial charge on any atom is 0.311 e. The highest BCUT2D eigenvalue weighted by atomic mass is 16.5. The number of hydrogen-bond donors (Lipinski definition) is 0. The van der Waals surface area contributed by atoms with Crippen LogP contribution in [0.4, 0.5) is 0 Å². The van der Waals surface area contributed by atoms with Crippen molar-refractivity contribution < 1.29 is 14.3 Å². The molecule has 2 aromatic rings. The number of ketones is 1. The lowest BCUT2D eigenvalue weighted by molar-refractivity contribution is -0.153. The van der Waals surface area contributed by atoms with Crippen LogP contribution in [0.2, 0.25) is 0 Å². The van der Waals surface area contributed by atoms with Crippen LogP contribution in [0, 0.1) is 26.2 Å². The van der Waals surface area contributed by atoms with E-state index in [2.05, 4.69) is 39.0 Å². The van der Waals surface area contributed by atoms with E-state index in [1.807, 2.05) is 32.0 Å². The van der Waals surface area contributed by atoms with Gasteiger partial charge in [-0.25, -0.2) is 0 Å². The number of carbonyl (C=O) groups is 2. The van der Waals surface area contributed by atoms with Crippen molar-refractivity contribution in [3.8, 4) is 11.1 Å². The molecule has 3 heteroatoms. The van der Waals surface area contributed by atoms with Crippen LogP contribution in [0.15, 0.2) is 36.4 Å². The molecule has 28 heavy (non-hydrogen) atoms. The predicted octanol–water partition coefficient (Wildman–Crippen LogP) is 5.76. The van der Waals surface area contributed by atoms with Gasteiger partial charge < -0.3 is 4.74 Å². The first-order valence-electron chi connectivity index (χ1n) is 10.0. The molecule has 0 spiro atoms. The largest absolute Gasteiger partial charge is 0.466 e. The number of carbonyl (C=O) groups excluding carboxylic acids is 2. The molecule has 0 unspecified atom stereocenters. The van der Waals surface area contributed by atoms with Gasteiger partial charge in [0.15, 0.2) is 0 Å². The summed E-state index contributed by atoms with van der Waals surface area (Å²) in [6.07, 6.45) is 1.27. The van der Waals surface area contributed by atoms with Gasteiger partial charge in [-0.2, -0.15) is 0 Å². The average molecular weight is 381 g/mol. The van der Waals surface area contributed by atoms with Gasteiger partial charge in [0, 0.05) is 12.8 Å². The van der Waals surface area contributed by atoms with Crippen LogP contribution in [-0.4, -0.2) is 18.4 Å². The molecule has 0 aliphatic heterocycles. The molecule has 0 saturated carbocycles. The maximum atomic E-state index is 12.7. The minimum absolute atomic E-state index is 0.159. The van der Waals surface area contributed by atoms with Gasteiger partial charge in [-0.05, 0) is 81.3 Å². The molecule has 2 rings (SSSR count). The van der Waals surface area contributed by atoms with E-state index in [-0.39, 0.29) is 11.8 Å². The molecule has 0 saturated heterocycles. The zero-order valence-corrected chi connectivity index (χ0v) is 18.0. The Kier molecular flexibility index (Phi) is 7.17. The van der Waals surface area contributed by atoms with Crippen molar-refractivity contribution in [2.75, 3.05) is 6.61 Å². The zero-order chi connectivity index (χ0) is 20.9. The van der Waals surface area contributed by atoms with Crippen LogP contribution in [0.1, 0.15) is 55.9 Å². The molecule has 3 nitrogen and oxygen atoms in total. The minimum Gasteiger partial charge on any atom is -0.466 e. The second-order valence-corrected chi connectivity index (χ2v) is 8.17. The highest BCUT2D eigenvalue weighted by molar-refractivity contribution is 5.84. The zero-order valence-electron chi connectivity index (χ0n) is 18.0. The van der Waals surface area contributed by atoms with Crippen molar-refractivity contribution in [2.24, 2.45) is 5.41 Å². The molecule has 0 N–H and O–H groups in total. The standard InChI is InChI=1S/C25H32O3/c1-7-28-24(27)25(5,6)14-13-21(26)16-22-17(2)15-18(3)23(19(22)4)20-11-9-8-10-12-20/h8-12,15H,7,13-14,16H2,1-6H3. The Morgan fingerprint density at radius 3 is 2.25 bits per heavy atom. The van der Waals surface area contributed by atoms with Crippen LogP contribution >= 0.6 is 0 Å². The molecule has 0 atom stereocenters. The number of ether oxygens (including phenoxy) is 1. The molecule has 150 valence electrons. The van der Waals surface area contributed by atoms with Crippen LogP contribution in [0.5, 0.6) is 0 Å². The summed E-state index contributed by atoms with van der Waals surface area (Å²) >= 11 is 0. The molecule has 0 aromatic heterocycles. The van der Waals surface area contributed by atoms with Crippen molar-refractivity contribution in [3.05, 3.63) is 58.7 Å². The lowest BCUT2D eigenvalue weighted by Gasteiger charge is -2.22. The summed E-state index contributed by atoms with van der Waals surface area (Å²) in [4.78, 5) is 24.8. The van der Waals surface area contributed by atoms with Crippen LogP contribution in [0.25, 0.3) is 11.1 Å². The third kappa shape index (κ3) is 5.09. The topological polar surface area (TPSA) is 43.4 Å². The Balaban J connectivity index is 2.20. The van der Waals surface area contributed by atoms with Gasteiger partial charge in [-0.15, -0.1) is 0 Å². The number of aryl methyl sites for hydroxylation is 2. The molecule has 0 bridgehead atoms. The molecule has 2 aromatic carbocycles. The van der Waals surface area contributed by atoms with Crippen molar-refractivity contribution in [2.45, 2.75) is 60.8 Å². The maximum absolute atomic E-state index is 12.7. The molecule has 0 amide bonds. The summed E-state index contributed by atoms with van der Waals surface area (Å²) < 4.78 is 5.12. The minimum atomic E-state index is -0.641. The fourth-order valence-corrected chi connectivity index (χ4v) is 3.71. The Morgan fingerprint density at radius 1 is 1.00 bits per heavy atom. The van der Waals surface area contributed by atoms with E-state index in [9.17, 15) is 9.59 Å². The number of benzene rings is 2. The van der Waals surface area contributed by atoms with Crippen LogP contribution in [-0.2, 0) is 20.7 Å². The van der Waals surface area contributed by atoms with E-state index in [0.717, 1.165) is 11.1 Å². The number of rotatable bonds is 8. The second kappa shape index (κ2) is 9.18. The highest BCUT2D eigenvalue weighted by Gasteiger charge is 2.29. The van der Waals surface area contributed by atoms with E-state index >= 15 is 0 Å². The molecule has 0 radical (unpaired) electrons. The number of hydrogen-bond acceptors (Lipinski definition) is 3. The molecule has 0 fully saturated rings. The van der Waals surface area contributed by atoms with Crippen molar-refractivity contribution in [1.29, 1.82) is 0 Å². The average Bonchev–Trinajstić information content (AvgIpc) is 2.64. The van der Waals surface area contributed by atoms with Gasteiger partial charge >= 0.3 is 5.97 Å². The van der Waals surface area contributed by atoms with Gasteiger partial charge in [-0.3, -0.25) is 9.59 Å². The Labute approximate surface area is 169 Å². The Morgan fingerprint density at radius 2 is 1.64 bits per heavy atom. The van der Waals surface area contributed by atoms with E-state index in [1.165, 1.54) is 22.3 Å². The molecule has 0 heterocycles. The van der Waals surface area contributed by atoms with E-state index in [1.54, 1.807) is 6.92 Å². The van der Waals surface area contributed by atoms with Crippen LogP contribution in [0.3, 0.4) is 0 Å². The number of Topliss-reactive ketones (excluding diaryl/α,β-unsaturated/α-hetero) is 1. The highest BCUT2D eigenvalue weighted by Crippen LogP contribution is 2.32. The number of esters is 1. The SMILES string of the molecule is CCOC(=O)C(C)(C)CCC(=O)Cc1c(C)cc(C)c(-c2ccccc2)c1C. The molecule has 0 aliphatic carbocycles. The first-order chi connectivity index (χ1) is 13.2. The fourth-order valence-electron chi connectivity index (χ4n) is 3.71. The lowest BCUT2D eigenvalue weighted by atomic mass is 9.84. The normalized spacial score (nSPS) is 11.4. The van der Waals surface area contributed by atoms with E-state index in [4.69, 9.17) is 4.74 Å². The third-order valence-electron chi connectivity index (χ3n) is 5.42. The van der Waals surface area contributed by atoms with Crippen molar-refractivity contribution in [1.82, 2.24) is 0 Å². The van der Waals surface area contributed by atoms with Gasteiger partial charge in [0.2, 0.25) is 0 Å². The molecule has 0 aliphatic rings. The summed E-state index contributed by atoms with van der Waals surface area (Å²) in [5, 5.41) is 0. The monoisotopic (exact) mass is 380 g/mol. The van der Waals surface area contributed by atoms with Crippen molar-refractivity contribution in [3.63, 3.8) is 0 Å². The van der Waals surface area contributed by atoms with Gasteiger partial charge in [0.1, 0.15) is 5.78 Å². The Bertz CT molecular complexity index is 848. The third-order valence-corrected chi connectivity index (χ3v) is 5.42. The summed E-state index contributed by atoms with van der Waals surface area (Å²) in [6, 6.07) is 12.5. The molecular formula is C25H32O3. The summed E-state index contributed by atoms with van der Waals surface area (Å²) in [5.74, 6) is -0.0803. The smallest absolute Gasteiger partial charge is 0.311 e. The Hall–Kier alpha value is -2.42. The first kappa shape index (κ1) is 21.9. The van der Waals surface area contributed by atoms with Crippen LogP contribution < -0.4 is 0 Å². The second-order valence-electron chi connectivity index (χ2n) is 8.17. The van der Waals surface area contributed by atoms with Gasteiger partial charge in [0.25, 0.3) is 0 Å². The summed E-state index contributed by atoms with van der Waals surface area (Å²) in [5.41, 5.74) is 6.38. The lowest BCUT2D eigenvalue weighted by Crippen LogP contribution is -2.27. The predicted molar refractivity (Wildman–Crippen MR) is 114 cm³/mol. The van der Waals surface area contributed by atoms with Gasteiger partial charge in [0.05, 0.1) is 12.0 Å². The van der Waals surface area contributed by atoms with Crippen molar-refractivity contribution >= 4 is 11.8 Å². The van der Waals surface area contributed by atoms with E-state index in [0.29, 0.717) is 25.9 Å². The van der Waals surface area contributed by atoms with Gasteiger partial charge in [-0.1, -0.05) is 36.4 Å². The first-order valence-corrected chi connectivity index (χ1v) is 10.0. The fraction of sp³-hybridized carbons (Fsp3) is 0.440. The summed E-state index contributed by atoms with van der Waals surface area (Å²) in [7, 11) is 0. The summed E-state index contributed by atoms with van der Waals surface area (Å²) in [6.45, 7) is 12.1.